The zero-order chi connectivity index (χ0) is 2.71. The molecule has 0 spiro atoms. The fourth-order valence-corrected chi connectivity index (χ4v) is 0. The van der Waals surface area contributed by atoms with E-state index in [1.165, 1.54) is 0 Å². The molecule has 0 radical (unpaired) electrons. The van der Waals surface area contributed by atoms with Crippen molar-refractivity contribution in [2.24, 2.45) is 0 Å². The van der Waals surface area contributed by atoms with Gasteiger partial charge in [0.2, 0.25) is 0 Å². The fourth-order valence-electron chi connectivity index (χ4n) is 0. The minimum Gasteiger partial charge on any atom is 3.00 e. The van der Waals surface area contributed by atoms with E-state index in [9.17, 15) is 0 Å². The zero-order valence-corrected chi connectivity index (χ0v) is 10.8. The zero-order valence-electron chi connectivity index (χ0n) is 2.77. The molecule has 0 bridgehead atoms. The Balaban J connectivity index is -0.00000000333. The Morgan fingerprint density at radius 1 is 0.857 bits per heavy atom. The van der Waals surface area contributed by atoms with Crippen molar-refractivity contribution in [3.8, 4) is 0 Å². The van der Waals surface area contributed by atoms with E-state index in [4.69, 9.17) is 0 Å². The van der Waals surface area contributed by atoms with Crippen LogP contribution >= 0.6 is 20.2 Å². The third-order valence-corrected chi connectivity index (χ3v) is 0. The molecule has 0 N–H and O–H groups in total. The van der Waals surface area contributed by atoms with E-state index in [2.05, 4.69) is 20.2 Å². The van der Waals surface area contributed by atoms with Crippen molar-refractivity contribution in [3.05, 3.63) is 0 Å². The molecule has 49 valence electrons. The normalized spacial score (nSPS) is 3.14. The summed E-state index contributed by atoms with van der Waals surface area (Å²) in [5.74, 6) is 0. The molecular weight excluding hydrogens is 356 g/mol. The molecule has 0 nitrogen and oxygen atoms in total. The molecule has 0 rings (SSSR count). The molecule has 7 heteroatoms. The quantitative estimate of drug-likeness (QED) is 0.379. The van der Waals surface area contributed by atoms with Crippen molar-refractivity contribution in [3.63, 3.8) is 0 Å². The summed E-state index contributed by atoms with van der Waals surface area (Å²) in [6.45, 7) is 0. The van der Waals surface area contributed by atoms with Gasteiger partial charge in [0, 0.05) is 0 Å². The van der Waals surface area contributed by atoms with Crippen LogP contribution in [0.4, 0.5) is 0 Å². The SMILES string of the molecule is [Cl-].[Cl-].[Cl-].[Cl][Cu][Cl].[In+3]. The van der Waals surface area contributed by atoms with Crippen molar-refractivity contribution in [1.82, 2.24) is 0 Å². The van der Waals surface area contributed by atoms with Crippen LogP contribution in [0.1, 0.15) is 0 Å². The maximum absolute atomic E-state index is 4.67. The van der Waals surface area contributed by atoms with Crippen LogP contribution in [0.15, 0.2) is 0 Å². The first-order chi connectivity index (χ1) is 1.41. The van der Waals surface area contributed by atoms with Gasteiger partial charge in [-0.2, -0.15) is 0 Å². The van der Waals surface area contributed by atoms with Crippen LogP contribution in [0, 0.1) is 0 Å². The van der Waals surface area contributed by atoms with Gasteiger partial charge in [-0.3, -0.25) is 0 Å². The Labute approximate surface area is 95.1 Å². The molecule has 0 aliphatic carbocycles. The van der Waals surface area contributed by atoms with Gasteiger partial charge in [-0.25, -0.2) is 0 Å². The molecule has 0 saturated carbocycles. The summed E-state index contributed by atoms with van der Waals surface area (Å²) in [6.07, 6.45) is 0. The van der Waals surface area contributed by atoms with Gasteiger partial charge in [0.1, 0.15) is 0 Å². The van der Waals surface area contributed by atoms with Crippen LogP contribution in [-0.2, 0) is 13.1 Å². The Bertz CT molecular complexity index is 8.04. The summed E-state index contributed by atoms with van der Waals surface area (Å²) >= 11 is 0.757. The smallest absolute Gasteiger partial charge is 3.00 e. The largest absolute Gasteiger partial charge is 3.00 e. The van der Waals surface area contributed by atoms with Crippen molar-refractivity contribution in [2.45, 2.75) is 0 Å². The molecule has 0 unspecified atom stereocenters. The van der Waals surface area contributed by atoms with E-state index in [0.29, 0.717) is 0 Å². The average molecular weight is 356 g/mol. The van der Waals surface area contributed by atoms with Gasteiger partial charge in [0.15, 0.2) is 0 Å². The topological polar surface area (TPSA) is 0 Å². The van der Waals surface area contributed by atoms with E-state index in [1.54, 1.807) is 0 Å². The minimum atomic E-state index is 0. The van der Waals surface area contributed by atoms with Gasteiger partial charge in [-0.05, 0) is 0 Å². The molecule has 0 saturated heterocycles. The molecule has 0 aliphatic rings. The predicted molar refractivity (Wildman–Crippen MR) is 17.5 cm³/mol. The molecule has 0 aromatic heterocycles. The Kier molecular flexibility index (Phi) is 173. The monoisotopic (exact) mass is 353 g/mol. The first kappa shape index (κ1) is 32.8. The molecule has 0 amide bonds. The summed E-state index contributed by atoms with van der Waals surface area (Å²) < 4.78 is 0. The first-order valence-corrected chi connectivity index (χ1v) is 2.82. The van der Waals surface area contributed by atoms with E-state index < -0.39 is 0 Å². The molecule has 7 heavy (non-hydrogen) atoms. The van der Waals surface area contributed by atoms with Crippen LogP contribution < -0.4 is 37.2 Å². The molecule has 0 aromatic rings. The van der Waals surface area contributed by atoms with Crippen molar-refractivity contribution in [2.75, 3.05) is 0 Å². The van der Waals surface area contributed by atoms with Gasteiger partial charge in [-0.1, -0.05) is 0 Å². The Hall–Kier alpha value is 2.84. The average Bonchev–Trinajstić information content (AvgIpc) is 0.918. The van der Waals surface area contributed by atoms with Crippen LogP contribution in [-0.4, -0.2) is 25.8 Å². The number of halogens is 5. The maximum atomic E-state index is 4.67. The van der Waals surface area contributed by atoms with Crippen LogP contribution in [0.2, 0.25) is 0 Å². The second kappa shape index (κ2) is 36.9. The summed E-state index contributed by atoms with van der Waals surface area (Å²) in [7, 11) is 9.34. The third kappa shape index (κ3) is 51.3. The van der Waals surface area contributed by atoms with Crippen LogP contribution in [0.5, 0.6) is 0 Å². The first-order valence-electron chi connectivity index (χ1n) is 0.228. The molecule has 0 atom stereocenters. The van der Waals surface area contributed by atoms with E-state index in [1.807, 2.05) is 0 Å². The molecule has 0 fully saturated rings. The second-order valence-corrected chi connectivity index (χ2v) is 1.60. The standard InChI is InChI=1S/5ClH.Cu.In/h5*1H;;/q;;;;;+2;+3/p-5. The van der Waals surface area contributed by atoms with Crippen LogP contribution in [0.25, 0.3) is 0 Å². The minimum absolute atomic E-state index is 0. The second-order valence-electron chi connectivity index (χ2n) is 0.0431. The van der Waals surface area contributed by atoms with Gasteiger partial charge >= 0.3 is 59.2 Å². The van der Waals surface area contributed by atoms with E-state index in [0.717, 1.165) is 13.1 Å². The summed E-state index contributed by atoms with van der Waals surface area (Å²) in [4.78, 5) is 0. The molecule has 0 aliphatic heterocycles. The number of rotatable bonds is 0. The Morgan fingerprint density at radius 2 is 0.857 bits per heavy atom. The number of hydrogen-bond donors (Lipinski definition) is 0. The third-order valence-electron chi connectivity index (χ3n) is 0. The van der Waals surface area contributed by atoms with Gasteiger partial charge in [-0.15, -0.1) is 0 Å². The van der Waals surface area contributed by atoms with E-state index in [-0.39, 0.29) is 63.1 Å². The van der Waals surface area contributed by atoms with Crippen molar-refractivity contribution < 1.29 is 50.4 Å². The molecule has 0 aromatic carbocycles. The predicted octanol–water partition coefficient (Wildman–Crippen LogP) is -7.99. The number of hydrogen-bond acceptors (Lipinski definition) is 0. The van der Waals surface area contributed by atoms with Crippen molar-refractivity contribution in [1.29, 1.82) is 0 Å². The fraction of sp³-hybridized carbons (Fsp3) is 0. The van der Waals surface area contributed by atoms with Gasteiger partial charge in [0.05, 0.1) is 0 Å². The van der Waals surface area contributed by atoms with Gasteiger partial charge < -0.3 is 37.2 Å². The summed E-state index contributed by atoms with van der Waals surface area (Å²) in [5.41, 5.74) is 0. The summed E-state index contributed by atoms with van der Waals surface area (Å²) in [6, 6.07) is 0. The molecular formula is Cl5CuIn. The summed E-state index contributed by atoms with van der Waals surface area (Å²) in [5, 5.41) is 0. The Morgan fingerprint density at radius 3 is 0.857 bits per heavy atom. The van der Waals surface area contributed by atoms with Gasteiger partial charge in [0.25, 0.3) is 0 Å². The van der Waals surface area contributed by atoms with Crippen molar-refractivity contribution >= 4 is 46.0 Å². The maximum Gasteiger partial charge on any atom is 3.00 e. The van der Waals surface area contributed by atoms with Crippen LogP contribution in [0.3, 0.4) is 0 Å². The molecule has 0 heterocycles. The van der Waals surface area contributed by atoms with E-state index >= 15 is 0 Å².